The highest BCUT2D eigenvalue weighted by molar-refractivity contribution is 5.75. The lowest BCUT2D eigenvalue weighted by molar-refractivity contribution is 0.627. The Hall–Kier alpha value is -2.24. The highest BCUT2D eigenvalue weighted by Crippen LogP contribution is 2.14. The number of hydrogen-bond donors (Lipinski definition) is 1. The molecule has 6 heteroatoms. The summed E-state index contributed by atoms with van der Waals surface area (Å²) in [4.78, 5) is 13.6. The molecule has 0 amide bonds. The highest BCUT2D eigenvalue weighted by atomic mass is 15.5. The van der Waals surface area contributed by atoms with Gasteiger partial charge in [-0.1, -0.05) is 13.8 Å². The number of H-pyrrole nitrogens is 1. The molecule has 0 saturated heterocycles. The number of aromatic nitrogens is 6. The van der Waals surface area contributed by atoms with Crippen molar-refractivity contribution in [2.75, 3.05) is 0 Å². The van der Waals surface area contributed by atoms with Crippen molar-refractivity contribution in [1.82, 2.24) is 29.9 Å². The number of nitrogens with zero attached hydrogens (tertiary/aromatic N) is 5. The minimum absolute atomic E-state index is 0.575. The summed E-state index contributed by atoms with van der Waals surface area (Å²) in [5.41, 5.74) is 1.84. The van der Waals surface area contributed by atoms with Crippen molar-refractivity contribution in [2.24, 2.45) is 5.92 Å². The van der Waals surface area contributed by atoms with E-state index in [1.165, 1.54) is 4.80 Å². The number of aromatic amines is 1. The quantitative estimate of drug-likeness (QED) is 0.759. The largest absolute Gasteiger partial charge is 0.341 e. The minimum atomic E-state index is 0.575. The predicted octanol–water partition coefficient (Wildman–Crippen LogP) is 1.74. The second-order valence-corrected chi connectivity index (χ2v) is 4.66. The molecular formula is C12H14N6. The number of hydrogen-bond acceptors (Lipinski definition) is 4. The SMILES string of the molecule is CC(C)Cc1nc2cc(-n3nccn3)ncc2[nH]1. The summed E-state index contributed by atoms with van der Waals surface area (Å²) in [6, 6.07) is 1.88. The number of rotatable bonds is 3. The molecule has 92 valence electrons. The summed E-state index contributed by atoms with van der Waals surface area (Å²) in [6.07, 6.45) is 5.95. The normalized spacial score (nSPS) is 11.5. The van der Waals surface area contributed by atoms with E-state index in [9.17, 15) is 0 Å². The summed E-state index contributed by atoms with van der Waals surface area (Å²) >= 11 is 0. The van der Waals surface area contributed by atoms with E-state index in [1.54, 1.807) is 18.6 Å². The van der Waals surface area contributed by atoms with Gasteiger partial charge in [-0.25, -0.2) is 9.97 Å². The first kappa shape index (κ1) is 10.9. The molecule has 6 nitrogen and oxygen atoms in total. The van der Waals surface area contributed by atoms with E-state index in [-0.39, 0.29) is 0 Å². The monoisotopic (exact) mass is 242 g/mol. The van der Waals surface area contributed by atoms with E-state index in [4.69, 9.17) is 0 Å². The van der Waals surface area contributed by atoms with E-state index in [0.717, 1.165) is 23.3 Å². The summed E-state index contributed by atoms with van der Waals surface area (Å²) in [6.45, 7) is 4.34. The van der Waals surface area contributed by atoms with Crippen molar-refractivity contribution in [3.8, 4) is 5.82 Å². The molecule has 18 heavy (non-hydrogen) atoms. The number of imidazole rings is 1. The minimum Gasteiger partial charge on any atom is -0.341 e. The summed E-state index contributed by atoms with van der Waals surface area (Å²) in [5, 5.41) is 8.11. The van der Waals surface area contributed by atoms with E-state index in [0.29, 0.717) is 11.7 Å². The van der Waals surface area contributed by atoms with Gasteiger partial charge in [-0.15, -0.1) is 4.80 Å². The third kappa shape index (κ3) is 1.97. The standard InChI is InChI=1S/C12H14N6/c1-8(2)5-11-16-9-6-12(13-7-10(9)17-11)18-14-3-4-15-18/h3-4,6-8H,5H2,1-2H3,(H,16,17). The lowest BCUT2D eigenvalue weighted by Gasteiger charge is -1.98. The molecular weight excluding hydrogens is 228 g/mol. The molecule has 0 saturated carbocycles. The fourth-order valence-corrected chi connectivity index (χ4v) is 1.88. The third-order valence-corrected chi connectivity index (χ3v) is 2.63. The van der Waals surface area contributed by atoms with Crippen molar-refractivity contribution in [1.29, 1.82) is 0 Å². The maximum Gasteiger partial charge on any atom is 0.176 e. The molecule has 1 N–H and O–H groups in total. The molecule has 0 fully saturated rings. The van der Waals surface area contributed by atoms with Crippen LogP contribution in [-0.2, 0) is 6.42 Å². The molecule has 0 aliphatic heterocycles. The Labute approximate surface area is 104 Å². The fraction of sp³-hybridized carbons (Fsp3) is 0.333. The lowest BCUT2D eigenvalue weighted by atomic mass is 10.1. The second kappa shape index (κ2) is 4.21. The molecule has 0 aliphatic rings. The summed E-state index contributed by atoms with van der Waals surface area (Å²) in [5.74, 6) is 2.24. The number of nitrogens with one attached hydrogen (secondary N) is 1. The average molecular weight is 242 g/mol. The van der Waals surface area contributed by atoms with Gasteiger partial charge in [0.2, 0.25) is 0 Å². The molecule has 0 aliphatic carbocycles. The molecule has 0 aromatic carbocycles. The van der Waals surface area contributed by atoms with Crippen LogP contribution < -0.4 is 0 Å². The second-order valence-electron chi connectivity index (χ2n) is 4.66. The van der Waals surface area contributed by atoms with Crippen LogP contribution in [0.1, 0.15) is 19.7 Å². The van der Waals surface area contributed by atoms with Gasteiger partial charge in [0.15, 0.2) is 5.82 Å². The molecule has 0 atom stereocenters. The average Bonchev–Trinajstić information content (AvgIpc) is 2.94. The lowest BCUT2D eigenvalue weighted by Crippen LogP contribution is -2.00. The van der Waals surface area contributed by atoms with Gasteiger partial charge < -0.3 is 4.98 Å². The molecule has 3 aromatic heterocycles. The Kier molecular flexibility index (Phi) is 2.55. The van der Waals surface area contributed by atoms with Crippen LogP contribution in [0, 0.1) is 5.92 Å². The molecule has 3 heterocycles. The Bertz CT molecular complexity index is 652. The third-order valence-electron chi connectivity index (χ3n) is 2.63. The Balaban J connectivity index is 2.02. The molecule has 3 rings (SSSR count). The van der Waals surface area contributed by atoms with Crippen LogP contribution in [0.5, 0.6) is 0 Å². The first-order chi connectivity index (χ1) is 8.72. The maximum absolute atomic E-state index is 4.56. The van der Waals surface area contributed by atoms with Crippen LogP contribution >= 0.6 is 0 Å². The van der Waals surface area contributed by atoms with Crippen molar-refractivity contribution in [2.45, 2.75) is 20.3 Å². The van der Waals surface area contributed by atoms with Crippen LogP contribution in [0.25, 0.3) is 16.9 Å². The first-order valence-corrected chi connectivity index (χ1v) is 5.93. The van der Waals surface area contributed by atoms with Crippen LogP contribution in [-0.4, -0.2) is 29.9 Å². The van der Waals surface area contributed by atoms with Gasteiger partial charge in [0.25, 0.3) is 0 Å². The molecule has 0 spiro atoms. The summed E-state index contributed by atoms with van der Waals surface area (Å²) < 4.78 is 0. The van der Waals surface area contributed by atoms with E-state index in [2.05, 4.69) is 39.0 Å². The van der Waals surface area contributed by atoms with Crippen LogP contribution in [0.4, 0.5) is 0 Å². The van der Waals surface area contributed by atoms with E-state index in [1.807, 2.05) is 6.07 Å². The van der Waals surface area contributed by atoms with Crippen molar-refractivity contribution in [3.63, 3.8) is 0 Å². The molecule has 0 radical (unpaired) electrons. The van der Waals surface area contributed by atoms with Gasteiger partial charge in [0.05, 0.1) is 29.6 Å². The zero-order chi connectivity index (χ0) is 12.5. The Morgan fingerprint density at radius 1 is 1.28 bits per heavy atom. The number of fused-ring (bicyclic) bond motifs is 1. The van der Waals surface area contributed by atoms with Gasteiger partial charge in [0.1, 0.15) is 5.82 Å². The van der Waals surface area contributed by atoms with Gasteiger partial charge >= 0.3 is 0 Å². The van der Waals surface area contributed by atoms with Gasteiger partial charge in [-0.05, 0) is 5.92 Å². The van der Waals surface area contributed by atoms with Gasteiger partial charge in [0, 0.05) is 12.5 Å². The molecule has 0 bridgehead atoms. The van der Waals surface area contributed by atoms with Crippen LogP contribution in [0.2, 0.25) is 0 Å². The fourth-order valence-electron chi connectivity index (χ4n) is 1.88. The van der Waals surface area contributed by atoms with Crippen LogP contribution in [0.15, 0.2) is 24.7 Å². The van der Waals surface area contributed by atoms with Crippen molar-refractivity contribution in [3.05, 3.63) is 30.5 Å². The van der Waals surface area contributed by atoms with E-state index < -0.39 is 0 Å². The topological polar surface area (TPSA) is 72.3 Å². The zero-order valence-corrected chi connectivity index (χ0v) is 10.3. The highest BCUT2D eigenvalue weighted by Gasteiger charge is 2.07. The summed E-state index contributed by atoms with van der Waals surface area (Å²) in [7, 11) is 0. The van der Waals surface area contributed by atoms with Crippen LogP contribution in [0.3, 0.4) is 0 Å². The Morgan fingerprint density at radius 2 is 2.06 bits per heavy atom. The Morgan fingerprint density at radius 3 is 2.78 bits per heavy atom. The predicted molar refractivity (Wildman–Crippen MR) is 67.3 cm³/mol. The zero-order valence-electron chi connectivity index (χ0n) is 10.3. The smallest absolute Gasteiger partial charge is 0.176 e. The van der Waals surface area contributed by atoms with Crippen molar-refractivity contribution < 1.29 is 0 Å². The van der Waals surface area contributed by atoms with Gasteiger partial charge in [-0.3, -0.25) is 0 Å². The van der Waals surface area contributed by atoms with Gasteiger partial charge in [-0.2, -0.15) is 10.2 Å². The van der Waals surface area contributed by atoms with Crippen molar-refractivity contribution >= 4 is 11.0 Å². The molecule has 0 unspecified atom stereocenters. The number of pyridine rings is 1. The first-order valence-electron chi connectivity index (χ1n) is 5.93. The maximum atomic E-state index is 4.56. The van der Waals surface area contributed by atoms with E-state index >= 15 is 0 Å². The molecule has 3 aromatic rings.